The third-order valence-electron chi connectivity index (χ3n) is 4.40. The molecule has 0 saturated carbocycles. The van der Waals surface area contributed by atoms with Crippen molar-refractivity contribution in [2.24, 2.45) is 5.92 Å². The van der Waals surface area contributed by atoms with Gasteiger partial charge in [-0.05, 0) is 76.5 Å². The average Bonchev–Trinajstić information content (AvgIpc) is 2.48. The second-order valence-corrected chi connectivity index (χ2v) is 7.60. The fourth-order valence-corrected chi connectivity index (χ4v) is 2.90. The Morgan fingerprint density at radius 2 is 1.72 bits per heavy atom. The van der Waals surface area contributed by atoms with E-state index in [1.165, 1.54) is 11.1 Å². The Hall–Kier alpha value is -1.74. The Morgan fingerprint density at radius 3 is 2.36 bits per heavy atom. The maximum atomic E-state index is 9.98. The zero-order valence-corrected chi connectivity index (χ0v) is 16.3. The van der Waals surface area contributed by atoms with Gasteiger partial charge in [-0.2, -0.15) is 0 Å². The first-order chi connectivity index (χ1) is 11.7. The third-order valence-corrected chi connectivity index (χ3v) is 4.40. The van der Waals surface area contributed by atoms with Gasteiger partial charge in [-0.25, -0.2) is 0 Å². The summed E-state index contributed by atoms with van der Waals surface area (Å²) in [6.45, 7) is 10.2. The van der Waals surface area contributed by atoms with E-state index in [9.17, 15) is 15.3 Å². The molecule has 0 spiro atoms. The molecule has 140 valence electrons. The van der Waals surface area contributed by atoms with E-state index in [-0.39, 0.29) is 17.6 Å². The Bertz CT molecular complexity index is 612. The molecule has 1 atom stereocenters. The SMILES string of the molecule is C/C(=C\Cc1cc(O)c(C)cc1O)CC/C=C(\C)CC(O)CC(C)C. The lowest BCUT2D eigenvalue weighted by Gasteiger charge is -2.13. The van der Waals surface area contributed by atoms with Gasteiger partial charge >= 0.3 is 0 Å². The zero-order valence-electron chi connectivity index (χ0n) is 16.3. The fourth-order valence-electron chi connectivity index (χ4n) is 2.90. The molecule has 0 radical (unpaired) electrons. The summed E-state index contributed by atoms with van der Waals surface area (Å²) in [6, 6.07) is 3.23. The van der Waals surface area contributed by atoms with E-state index in [1.807, 2.05) is 0 Å². The van der Waals surface area contributed by atoms with Crippen LogP contribution in [0.2, 0.25) is 0 Å². The molecular weight excluding hydrogens is 312 g/mol. The highest BCUT2D eigenvalue weighted by molar-refractivity contribution is 5.45. The van der Waals surface area contributed by atoms with Crippen molar-refractivity contribution in [3.63, 3.8) is 0 Å². The molecule has 0 aliphatic carbocycles. The third kappa shape index (κ3) is 8.26. The van der Waals surface area contributed by atoms with Gasteiger partial charge in [0.05, 0.1) is 6.10 Å². The molecule has 0 bridgehead atoms. The number of aromatic hydroxyl groups is 2. The number of rotatable bonds is 9. The number of aliphatic hydroxyl groups is 1. The van der Waals surface area contributed by atoms with Crippen LogP contribution in [0.3, 0.4) is 0 Å². The standard InChI is InChI=1S/C22H34O3/c1-15(2)11-20(23)12-17(4)8-6-7-16(3)9-10-19-14-21(24)18(5)13-22(19)25/h8-9,13-15,20,23-25H,6-7,10-12H2,1-5H3/b16-9+,17-8+. The van der Waals surface area contributed by atoms with Crippen LogP contribution in [0.1, 0.15) is 64.5 Å². The first-order valence-electron chi connectivity index (χ1n) is 9.19. The van der Waals surface area contributed by atoms with Crippen LogP contribution in [0, 0.1) is 12.8 Å². The minimum absolute atomic E-state index is 0.220. The van der Waals surface area contributed by atoms with Crippen molar-refractivity contribution in [3.8, 4) is 11.5 Å². The highest BCUT2D eigenvalue weighted by Gasteiger charge is 2.07. The predicted molar refractivity (Wildman–Crippen MR) is 105 cm³/mol. The number of aliphatic hydroxyl groups excluding tert-OH is 1. The molecule has 1 aromatic carbocycles. The number of aryl methyl sites for hydroxylation is 1. The van der Waals surface area contributed by atoms with E-state index in [0.717, 1.165) is 31.2 Å². The molecule has 0 amide bonds. The lowest BCUT2D eigenvalue weighted by Crippen LogP contribution is -2.10. The Morgan fingerprint density at radius 1 is 1.04 bits per heavy atom. The summed E-state index contributed by atoms with van der Waals surface area (Å²) in [7, 11) is 0. The van der Waals surface area contributed by atoms with E-state index in [4.69, 9.17) is 0 Å². The van der Waals surface area contributed by atoms with Crippen molar-refractivity contribution in [3.05, 3.63) is 46.6 Å². The molecule has 1 aromatic rings. The Kier molecular flexibility index (Phi) is 8.77. The van der Waals surface area contributed by atoms with Crippen molar-refractivity contribution in [1.82, 2.24) is 0 Å². The summed E-state index contributed by atoms with van der Waals surface area (Å²) in [5.74, 6) is 0.970. The number of allylic oxidation sites excluding steroid dienone is 3. The summed E-state index contributed by atoms with van der Waals surface area (Å²) in [5.41, 5.74) is 3.92. The highest BCUT2D eigenvalue weighted by atomic mass is 16.3. The molecule has 0 heterocycles. The van der Waals surface area contributed by atoms with Gasteiger partial charge in [0.25, 0.3) is 0 Å². The van der Waals surface area contributed by atoms with Crippen LogP contribution in [-0.2, 0) is 6.42 Å². The molecule has 0 aromatic heterocycles. The van der Waals surface area contributed by atoms with E-state index >= 15 is 0 Å². The van der Waals surface area contributed by atoms with Crippen LogP contribution in [0.25, 0.3) is 0 Å². The lowest BCUT2D eigenvalue weighted by atomic mass is 9.99. The smallest absolute Gasteiger partial charge is 0.119 e. The zero-order chi connectivity index (χ0) is 19.0. The molecule has 3 heteroatoms. The average molecular weight is 347 g/mol. The van der Waals surface area contributed by atoms with Crippen molar-refractivity contribution in [2.45, 2.75) is 72.8 Å². The molecular formula is C22H34O3. The minimum Gasteiger partial charge on any atom is -0.508 e. The summed E-state index contributed by atoms with van der Waals surface area (Å²) < 4.78 is 0. The highest BCUT2D eigenvalue weighted by Crippen LogP contribution is 2.27. The first-order valence-corrected chi connectivity index (χ1v) is 9.19. The second kappa shape index (κ2) is 10.3. The monoisotopic (exact) mass is 346 g/mol. The van der Waals surface area contributed by atoms with Crippen LogP contribution < -0.4 is 0 Å². The molecule has 3 nitrogen and oxygen atoms in total. The molecule has 0 aliphatic rings. The van der Waals surface area contributed by atoms with Gasteiger partial charge in [0.2, 0.25) is 0 Å². The predicted octanol–water partition coefficient (Wildman–Crippen LogP) is 5.42. The first kappa shape index (κ1) is 21.3. The van der Waals surface area contributed by atoms with Gasteiger partial charge in [0.15, 0.2) is 0 Å². The van der Waals surface area contributed by atoms with Crippen LogP contribution >= 0.6 is 0 Å². The van der Waals surface area contributed by atoms with Crippen LogP contribution in [-0.4, -0.2) is 21.4 Å². The van der Waals surface area contributed by atoms with Gasteiger partial charge in [0.1, 0.15) is 11.5 Å². The largest absolute Gasteiger partial charge is 0.508 e. The van der Waals surface area contributed by atoms with E-state index in [0.29, 0.717) is 17.9 Å². The van der Waals surface area contributed by atoms with Gasteiger partial charge < -0.3 is 15.3 Å². The Balaban J connectivity index is 2.48. The minimum atomic E-state index is -0.245. The quantitative estimate of drug-likeness (QED) is 0.413. The van der Waals surface area contributed by atoms with E-state index in [2.05, 4.69) is 39.8 Å². The molecule has 0 saturated heterocycles. The van der Waals surface area contributed by atoms with Crippen molar-refractivity contribution < 1.29 is 15.3 Å². The molecule has 3 N–H and O–H groups in total. The Labute approximate surface area is 152 Å². The topological polar surface area (TPSA) is 60.7 Å². The molecule has 0 aliphatic heterocycles. The summed E-state index contributed by atoms with van der Waals surface area (Å²) >= 11 is 0. The molecule has 0 fully saturated rings. The molecule has 25 heavy (non-hydrogen) atoms. The number of hydrogen-bond acceptors (Lipinski definition) is 3. The van der Waals surface area contributed by atoms with Gasteiger partial charge in [-0.15, -0.1) is 0 Å². The molecule has 1 rings (SSSR count). The van der Waals surface area contributed by atoms with Gasteiger partial charge in [-0.1, -0.05) is 37.1 Å². The lowest BCUT2D eigenvalue weighted by molar-refractivity contribution is 0.149. The number of hydrogen-bond donors (Lipinski definition) is 3. The number of phenols is 2. The number of phenolic OH excluding ortho intramolecular Hbond substituents is 2. The summed E-state index contributed by atoms with van der Waals surface area (Å²) in [4.78, 5) is 0. The maximum absolute atomic E-state index is 9.98. The fraction of sp³-hybridized carbons (Fsp3) is 0.545. The normalized spacial score (nSPS) is 14.2. The van der Waals surface area contributed by atoms with E-state index < -0.39 is 0 Å². The van der Waals surface area contributed by atoms with E-state index in [1.54, 1.807) is 19.1 Å². The van der Waals surface area contributed by atoms with Crippen molar-refractivity contribution >= 4 is 0 Å². The maximum Gasteiger partial charge on any atom is 0.119 e. The number of benzene rings is 1. The van der Waals surface area contributed by atoms with Gasteiger partial charge in [-0.3, -0.25) is 0 Å². The summed E-state index contributed by atoms with van der Waals surface area (Å²) in [5, 5.41) is 29.7. The van der Waals surface area contributed by atoms with Crippen molar-refractivity contribution in [2.75, 3.05) is 0 Å². The van der Waals surface area contributed by atoms with Gasteiger partial charge in [0, 0.05) is 5.56 Å². The summed E-state index contributed by atoms with van der Waals surface area (Å²) in [6.07, 6.45) is 8.17. The van der Waals surface area contributed by atoms with Crippen LogP contribution in [0.5, 0.6) is 11.5 Å². The van der Waals surface area contributed by atoms with Crippen LogP contribution in [0.15, 0.2) is 35.4 Å². The second-order valence-electron chi connectivity index (χ2n) is 7.60. The van der Waals surface area contributed by atoms with Crippen LogP contribution in [0.4, 0.5) is 0 Å². The molecule has 1 unspecified atom stereocenters. The van der Waals surface area contributed by atoms with Crippen molar-refractivity contribution in [1.29, 1.82) is 0 Å².